The van der Waals surface area contributed by atoms with Crippen molar-refractivity contribution in [1.29, 1.82) is 0 Å². The van der Waals surface area contributed by atoms with E-state index in [-0.39, 0.29) is 23.3 Å². The van der Waals surface area contributed by atoms with Gasteiger partial charge in [0.1, 0.15) is 11.9 Å². The number of benzene rings is 2. The Kier molecular flexibility index (Phi) is 7.60. The minimum absolute atomic E-state index is 0.132. The fourth-order valence-electron chi connectivity index (χ4n) is 4.08. The van der Waals surface area contributed by atoms with Crippen LogP contribution in [0.2, 0.25) is 0 Å². The minimum Gasteiger partial charge on any atom is -0.490 e. The number of nitrogens with zero attached hydrogens (tertiary/aromatic N) is 2. The number of ether oxygens (including phenoxy) is 1. The van der Waals surface area contributed by atoms with Crippen LogP contribution in [0.3, 0.4) is 0 Å². The van der Waals surface area contributed by atoms with E-state index in [4.69, 9.17) is 4.74 Å². The second kappa shape index (κ2) is 10.6. The highest BCUT2D eigenvalue weighted by molar-refractivity contribution is 9.10. The number of piperidine rings is 1. The Labute approximate surface area is 197 Å². The zero-order valence-electron chi connectivity index (χ0n) is 17.7. The summed E-state index contributed by atoms with van der Waals surface area (Å²) < 4.78 is 7.46. The molecule has 1 amide bonds. The summed E-state index contributed by atoms with van der Waals surface area (Å²) >= 11 is 5.17. The first kappa shape index (κ1) is 22.3. The van der Waals surface area contributed by atoms with Crippen molar-refractivity contribution < 1.29 is 9.53 Å². The van der Waals surface area contributed by atoms with Crippen LogP contribution in [-0.2, 0) is 4.79 Å². The smallest absolute Gasteiger partial charge is 0.234 e. The first-order valence-electron chi connectivity index (χ1n) is 10.7. The van der Waals surface area contributed by atoms with Gasteiger partial charge in [0.15, 0.2) is 0 Å². The molecule has 31 heavy (non-hydrogen) atoms. The van der Waals surface area contributed by atoms with E-state index in [0.717, 1.165) is 36.3 Å². The van der Waals surface area contributed by atoms with Gasteiger partial charge in [0, 0.05) is 23.5 Å². The topological polar surface area (TPSA) is 32.8 Å². The SMILES string of the molecule is CC1SCC(=O)N1CC#CCN1CCC(Oc2ccc(Br)cc2)C(c2ccccc2)C1. The van der Waals surface area contributed by atoms with Gasteiger partial charge in [-0.05, 0) is 43.2 Å². The number of likely N-dealkylation sites (tertiary alicyclic amines) is 1. The van der Waals surface area contributed by atoms with E-state index in [2.05, 4.69) is 69.9 Å². The van der Waals surface area contributed by atoms with Crippen LogP contribution in [0.25, 0.3) is 0 Å². The summed E-state index contributed by atoms with van der Waals surface area (Å²) in [7, 11) is 0. The van der Waals surface area contributed by atoms with Crippen molar-refractivity contribution in [2.75, 3.05) is 31.9 Å². The molecule has 2 saturated heterocycles. The monoisotopic (exact) mass is 498 g/mol. The van der Waals surface area contributed by atoms with Crippen LogP contribution in [0.5, 0.6) is 5.75 Å². The Morgan fingerprint density at radius 3 is 2.55 bits per heavy atom. The number of hydrogen-bond donors (Lipinski definition) is 0. The van der Waals surface area contributed by atoms with E-state index in [1.807, 2.05) is 29.2 Å². The van der Waals surface area contributed by atoms with E-state index < -0.39 is 0 Å². The molecule has 4 nitrogen and oxygen atoms in total. The highest BCUT2D eigenvalue weighted by atomic mass is 79.9. The molecule has 2 aliphatic rings. The van der Waals surface area contributed by atoms with Gasteiger partial charge < -0.3 is 9.64 Å². The van der Waals surface area contributed by atoms with Gasteiger partial charge in [-0.3, -0.25) is 9.69 Å². The maximum absolute atomic E-state index is 11.9. The van der Waals surface area contributed by atoms with Crippen LogP contribution in [0, 0.1) is 11.8 Å². The van der Waals surface area contributed by atoms with Crippen LogP contribution in [0.15, 0.2) is 59.1 Å². The lowest BCUT2D eigenvalue weighted by molar-refractivity contribution is -0.127. The average Bonchev–Trinajstić information content (AvgIpc) is 3.11. The highest BCUT2D eigenvalue weighted by Crippen LogP contribution is 2.31. The summed E-state index contributed by atoms with van der Waals surface area (Å²) in [6.45, 7) is 5.18. The summed E-state index contributed by atoms with van der Waals surface area (Å²) in [5, 5.41) is 0.232. The number of hydrogen-bond acceptors (Lipinski definition) is 4. The Bertz CT molecular complexity index is 941. The molecule has 0 aliphatic carbocycles. The molecule has 2 fully saturated rings. The molecule has 0 spiro atoms. The standard InChI is InChI=1S/C25H27BrN2O2S/c1-19-28(25(29)18-31-19)15-6-5-14-27-16-13-24(30-22-11-9-21(26)10-12-22)23(17-27)20-7-3-2-4-8-20/h2-4,7-12,19,23-24H,13-18H2,1H3. The lowest BCUT2D eigenvalue weighted by Gasteiger charge is -2.38. The maximum atomic E-state index is 11.9. The summed E-state index contributed by atoms with van der Waals surface area (Å²) in [4.78, 5) is 16.2. The molecule has 3 atom stereocenters. The molecule has 4 rings (SSSR count). The van der Waals surface area contributed by atoms with Crippen molar-refractivity contribution in [2.24, 2.45) is 0 Å². The van der Waals surface area contributed by atoms with Crippen LogP contribution in [-0.4, -0.2) is 59.1 Å². The molecule has 0 N–H and O–H groups in total. The van der Waals surface area contributed by atoms with Gasteiger partial charge in [-0.15, -0.1) is 11.8 Å². The van der Waals surface area contributed by atoms with E-state index in [0.29, 0.717) is 12.3 Å². The normalized spacial score (nSPS) is 24.0. The fraction of sp³-hybridized carbons (Fsp3) is 0.400. The third-order valence-electron chi connectivity index (χ3n) is 5.85. The molecule has 162 valence electrons. The number of carbonyl (C=O) groups is 1. The van der Waals surface area contributed by atoms with Gasteiger partial charge in [0.2, 0.25) is 5.91 Å². The Balaban J connectivity index is 1.39. The van der Waals surface area contributed by atoms with E-state index in [9.17, 15) is 4.79 Å². The second-order valence-electron chi connectivity index (χ2n) is 7.94. The number of halogens is 1. The molecule has 0 saturated carbocycles. The molecule has 0 bridgehead atoms. The van der Waals surface area contributed by atoms with E-state index in [1.165, 1.54) is 5.56 Å². The molecule has 2 heterocycles. The number of amides is 1. The van der Waals surface area contributed by atoms with Crippen LogP contribution in [0.1, 0.15) is 24.8 Å². The summed E-state index contributed by atoms with van der Waals surface area (Å²) in [5.41, 5.74) is 1.30. The Hall–Kier alpha value is -1.94. The maximum Gasteiger partial charge on any atom is 0.234 e. The molecule has 2 aliphatic heterocycles. The van der Waals surface area contributed by atoms with Crippen molar-refractivity contribution in [1.82, 2.24) is 9.80 Å². The number of carbonyl (C=O) groups excluding carboxylic acids is 1. The number of thioether (sulfide) groups is 1. The number of rotatable bonds is 5. The van der Waals surface area contributed by atoms with Gasteiger partial charge in [-0.1, -0.05) is 58.1 Å². The van der Waals surface area contributed by atoms with Crippen molar-refractivity contribution >= 4 is 33.6 Å². The van der Waals surface area contributed by atoms with Crippen molar-refractivity contribution in [3.05, 3.63) is 64.6 Å². The van der Waals surface area contributed by atoms with Gasteiger partial charge in [0.05, 0.1) is 24.2 Å². The van der Waals surface area contributed by atoms with Gasteiger partial charge in [0.25, 0.3) is 0 Å². The molecular weight excluding hydrogens is 472 g/mol. The zero-order chi connectivity index (χ0) is 21.6. The predicted molar refractivity (Wildman–Crippen MR) is 130 cm³/mol. The lowest BCUT2D eigenvalue weighted by atomic mass is 9.87. The Morgan fingerprint density at radius 1 is 1.10 bits per heavy atom. The van der Waals surface area contributed by atoms with Gasteiger partial charge >= 0.3 is 0 Å². The van der Waals surface area contributed by atoms with E-state index >= 15 is 0 Å². The van der Waals surface area contributed by atoms with Crippen molar-refractivity contribution in [2.45, 2.75) is 30.7 Å². The molecule has 2 aromatic carbocycles. The van der Waals surface area contributed by atoms with Crippen molar-refractivity contribution in [3.63, 3.8) is 0 Å². The van der Waals surface area contributed by atoms with Crippen molar-refractivity contribution in [3.8, 4) is 17.6 Å². The quantitative estimate of drug-likeness (QED) is 0.563. The molecule has 0 radical (unpaired) electrons. The molecular formula is C25H27BrN2O2S. The average molecular weight is 499 g/mol. The predicted octanol–water partition coefficient (Wildman–Crippen LogP) is 4.61. The first-order chi connectivity index (χ1) is 15.1. The molecule has 2 aromatic rings. The zero-order valence-corrected chi connectivity index (χ0v) is 20.1. The van der Waals surface area contributed by atoms with Gasteiger partial charge in [-0.2, -0.15) is 0 Å². The highest BCUT2D eigenvalue weighted by Gasteiger charge is 2.32. The Morgan fingerprint density at radius 2 is 1.84 bits per heavy atom. The van der Waals surface area contributed by atoms with Gasteiger partial charge in [-0.25, -0.2) is 0 Å². The fourth-order valence-corrected chi connectivity index (χ4v) is 5.27. The second-order valence-corrected chi connectivity index (χ2v) is 10.2. The third-order valence-corrected chi connectivity index (χ3v) is 7.53. The largest absolute Gasteiger partial charge is 0.490 e. The lowest BCUT2D eigenvalue weighted by Crippen LogP contribution is -2.44. The molecule has 3 unspecified atom stereocenters. The molecule has 6 heteroatoms. The van der Waals surface area contributed by atoms with E-state index in [1.54, 1.807) is 11.8 Å². The first-order valence-corrected chi connectivity index (χ1v) is 12.5. The van der Waals surface area contributed by atoms with Crippen LogP contribution >= 0.6 is 27.7 Å². The summed E-state index contributed by atoms with van der Waals surface area (Å²) in [6.07, 6.45) is 1.09. The van der Waals surface area contributed by atoms with Crippen LogP contribution < -0.4 is 4.74 Å². The minimum atomic E-state index is 0.132. The third kappa shape index (κ3) is 5.85. The summed E-state index contributed by atoms with van der Waals surface area (Å²) in [5.74, 6) is 8.47. The summed E-state index contributed by atoms with van der Waals surface area (Å²) in [6, 6.07) is 18.7. The van der Waals surface area contributed by atoms with Crippen LogP contribution in [0.4, 0.5) is 0 Å². The molecule has 0 aromatic heterocycles.